The zero-order valence-corrected chi connectivity index (χ0v) is 12.1. The molecule has 1 saturated heterocycles. The van der Waals surface area contributed by atoms with Crippen molar-refractivity contribution in [3.05, 3.63) is 11.8 Å². The van der Waals surface area contributed by atoms with Crippen molar-refractivity contribution in [2.45, 2.75) is 26.7 Å². The number of methoxy groups -OCH3 is 1. The topological polar surface area (TPSA) is 50.3 Å². The maximum Gasteiger partial charge on any atom is 0.228 e. The van der Waals surface area contributed by atoms with Crippen LogP contribution in [0.4, 0.5) is 5.95 Å². The first-order valence-corrected chi connectivity index (χ1v) is 7.08. The SMILES string of the molecule is CCNCC1CCCN(c2nc(C)cc(OC)n2)C1. The highest BCUT2D eigenvalue weighted by Crippen LogP contribution is 2.22. The molecular formula is C14H24N4O. The van der Waals surface area contributed by atoms with E-state index in [4.69, 9.17) is 4.74 Å². The highest BCUT2D eigenvalue weighted by atomic mass is 16.5. The monoisotopic (exact) mass is 264 g/mol. The second-order valence-corrected chi connectivity index (χ2v) is 5.11. The number of nitrogens with one attached hydrogen (secondary N) is 1. The fourth-order valence-electron chi connectivity index (χ4n) is 2.53. The predicted octanol–water partition coefficient (Wildman–Crippen LogP) is 1.62. The quantitative estimate of drug-likeness (QED) is 0.876. The Hall–Kier alpha value is -1.36. The van der Waals surface area contributed by atoms with Crippen molar-refractivity contribution in [2.24, 2.45) is 5.92 Å². The fraction of sp³-hybridized carbons (Fsp3) is 0.714. The molecule has 1 aromatic heterocycles. The van der Waals surface area contributed by atoms with E-state index >= 15 is 0 Å². The number of aryl methyl sites for hydroxylation is 1. The van der Waals surface area contributed by atoms with Crippen LogP contribution in [-0.4, -0.2) is 43.3 Å². The number of hydrogen-bond acceptors (Lipinski definition) is 5. The Morgan fingerprint density at radius 3 is 3.05 bits per heavy atom. The molecule has 0 spiro atoms. The number of nitrogens with zero attached hydrogens (tertiary/aromatic N) is 3. The summed E-state index contributed by atoms with van der Waals surface area (Å²) >= 11 is 0. The van der Waals surface area contributed by atoms with Gasteiger partial charge in [0, 0.05) is 24.8 Å². The first-order valence-electron chi connectivity index (χ1n) is 7.08. The lowest BCUT2D eigenvalue weighted by Crippen LogP contribution is -2.40. The Labute approximate surface area is 115 Å². The van der Waals surface area contributed by atoms with E-state index in [9.17, 15) is 0 Å². The van der Waals surface area contributed by atoms with Crippen LogP contribution in [0.2, 0.25) is 0 Å². The normalized spacial score (nSPS) is 19.5. The van der Waals surface area contributed by atoms with Crippen LogP contribution in [0.1, 0.15) is 25.5 Å². The molecule has 2 heterocycles. The molecule has 1 atom stereocenters. The molecule has 106 valence electrons. The van der Waals surface area contributed by atoms with E-state index in [2.05, 4.69) is 27.1 Å². The molecule has 0 saturated carbocycles. The Kier molecular flexibility index (Phi) is 4.96. The summed E-state index contributed by atoms with van der Waals surface area (Å²) in [6, 6.07) is 1.86. The molecule has 0 amide bonds. The molecule has 1 unspecified atom stereocenters. The van der Waals surface area contributed by atoms with Gasteiger partial charge in [-0.25, -0.2) is 4.98 Å². The number of piperidine rings is 1. The van der Waals surface area contributed by atoms with Gasteiger partial charge >= 0.3 is 0 Å². The summed E-state index contributed by atoms with van der Waals surface area (Å²) in [5, 5.41) is 3.43. The van der Waals surface area contributed by atoms with Crippen molar-refractivity contribution in [1.29, 1.82) is 0 Å². The zero-order chi connectivity index (χ0) is 13.7. The van der Waals surface area contributed by atoms with Gasteiger partial charge < -0.3 is 15.0 Å². The van der Waals surface area contributed by atoms with E-state index < -0.39 is 0 Å². The lowest BCUT2D eigenvalue weighted by molar-refractivity contribution is 0.382. The van der Waals surface area contributed by atoms with Gasteiger partial charge in [0.15, 0.2) is 0 Å². The third kappa shape index (κ3) is 3.80. The Bertz CT molecular complexity index is 410. The number of rotatable bonds is 5. The molecule has 0 radical (unpaired) electrons. The van der Waals surface area contributed by atoms with Gasteiger partial charge in [-0.05, 0) is 38.8 Å². The van der Waals surface area contributed by atoms with E-state index in [0.29, 0.717) is 11.8 Å². The second-order valence-electron chi connectivity index (χ2n) is 5.11. The summed E-state index contributed by atoms with van der Waals surface area (Å²) in [5.41, 5.74) is 0.954. The maximum atomic E-state index is 5.23. The Morgan fingerprint density at radius 1 is 1.47 bits per heavy atom. The summed E-state index contributed by atoms with van der Waals surface area (Å²) in [4.78, 5) is 11.3. The number of ether oxygens (including phenoxy) is 1. The molecule has 0 aromatic carbocycles. The van der Waals surface area contributed by atoms with E-state index in [1.807, 2.05) is 13.0 Å². The van der Waals surface area contributed by atoms with Crippen LogP contribution in [0.15, 0.2) is 6.07 Å². The summed E-state index contributed by atoms with van der Waals surface area (Å²) in [7, 11) is 1.65. The molecule has 19 heavy (non-hydrogen) atoms. The van der Waals surface area contributed by atoms with Gasteiger partial charge in [-0.1, -0.05) is 6.92 Å². The maximum absolute atomic E-state index is 5.23. The molecule has 0 bridgehead atoms. The summed E-state index contributed by atoms with van der Waals surface area (Å²) in [6.07, 6.45) is 2.49. The van der Waals surface area contributed by atoms with Gasteiger partial charge in [0.25, 0.3) is 0 Å². The summed E-state index contributed by atoms with van der Waals surface area (Å²) < 4.78 is 5.23. The van der Waals surface area contributed by atoms with Crippen LogP contribution in [0, 0.1) is 12.8 Å². The number of hydrogen-bond donors (Lipinski definition) is 1. The van der Waals surface area contributed by atoms with Crippen molar-refractivity contribution in [3.63, 3.8) is 0 Å². The Balaban J connectivity index is 2.06. The highest BCUT2D eigenvalue weighted by molar-refractivity contribution is 5.35. The van der Waals surface area contributed by atoms with Gasteiger partial charge in [0.1, 0.15) is 0 Å². The van der Waals surface area contributed by atoms with Crippen LogP contribution < -0.4 is 15.0 Å². The summed E-state index contributed by atoms with van der Waals surface area (Å²) in [5.74, 6) is 2.14. The lowest BCUT2D eigenvalue weighted by atomic mass is 9.98. The van der Waals surface area contributed by atoms with E-state index in [1.54, 1.807) is 7.11 Å². The average molecular weight is 264 g/mol. The third-order valence-electron chi connectivity index (χ3n) is 3.51. The molecule has 1 aliphatic rings. The number of anilines is 1. The van der Waals surface area contributed by atoms with E-state index in [0.717, 1.165) is 37.8 Å². The molecule has 1 aromatic rings. The molecule has 1 N–H and O–H groups in total. The van der Waals surface area contributed by atoms with Crippen LogP contribution in [0.25, 0.3) is 0 Å². The van der Waals surface area contributed by atoms with Gasteiger partial charge in [-0.15, -0.1) is 0 Å². The highest BCUT2D eigenvalue weighted by Gasteiger charge is 2.22. The molecule has 5 heteroatoms. The zero-order valence-electron chi connectivity index (χ0n) is 12.1. The second kappa shape index (κ2) is 6.70. The van der Waals surface area contributed by atoms with Crippen LogP contribution in [-0.2, 0) is 0 Å². The van der Waals surface area contributed by atoms with Gasteiger partial charge in [0.05, 0.1) is 7.11 Å². The van der Waals surface area contributed by atoms with Crippen molar-refractivity contribution >= 4 is 5.95 Å². The van der Waals surface area contributed by atoms with E-state index in [-0.39, 0.29) is 0 Å². The molecular weight excluding hydrogens is 240 g/mol. The van der Waals surface area contributed by atoms with Gasteiger partial charge in [-0.3, -0.25) is 0 Å². The third-order valence-corrected chi connectivity index (χ3v) is 3.51. The van der Waals surface area contributed by atoms with Crippen LogP contribution in [0.3, 0.4) is 0 Å². The largest absolute Gasteiger partial charge is 0.481 e. The van der Waals surface area contributed by atoms with Gasteiger partial charge in [-0.2, -0.15) is 4.98 Å². The molecule has 2 rings (SSSR count). The predicted molar refractivity (Wildman–Crippen MR) is 76.8 cm³/mol. The van der Waals surface area contributed by atoms with Gasteiger partial charge in [0.2, 0.25) is 11.8 Å². The van der Waals surface area contributed by atoms with Crippen molar-refractivity contribution in [2.75, 3.05) is 38.2 Å². The molecule has 1 fully saturated rings. The van der Waals surface area contributed by atoms with Crippen LogP contribution in [0.5, 0.6) is 5.88 Å². The first kappa shape index (κ1) is 14.1. The molecule has 5 nitrogen and oxygen atoms in total. The van der Waals surface area contributed by atoms with E-state index in [1.165, 1.54) is 12.8 Å². The molecule has 1 aliphatic heterocycles. The smallest absolute Gasteiger partial charge is 0.228 e. The molecule has 0 aliphatic carbocycles. The minimum Gasteiger partial charge on any atom is -0.481 e. The Morgan fingerprint density at radius 2 is 2.32 bits per heavy atom. The fourth-order valence-corrected chi connectivity index (χ4v) is 2.53. The minimum atomic E-state index is 0.649. The van der Waals surface area contributed by atoms with Crippen molar-refractivity contribution in [1.82, 2.24) is 15.3 Å². The summed E-state index contributed by atoms with van der Waals surface area (Å²) in [6.45, 7) is 8.30. The average Bonchev–Trinajstić information content (AvgIpc) is 2.44. The van der Waals surface area contributed by atoms with Crippen molar-refractivity contribution in [3.8, 4) is 5.88 Å². The standard InChI is InChI=1S/C14H24N4O/c1-4-15-9-12-6-5-7-18(10-12)14-16-11(2)8-13(17-14)19-3/h8,12,15H,4-7,9-10H2,1-3H3. The first-order chi connectivity index (χ1) is 9.22. The lowest BCUT2D eigenvalue weighted by Gasteiger charge is -2.33. The van der Waals surface area contributed by atoms with Crippen molar-refractivity contribution < 1.29 is 4.74 Å². The van der Waals surface area contributed by atoms with Crippen LogP contribution >= 0.6 is 0 Å². The minimum absolute atomic E-state index is 0.649. The number of aromatic nitrogens is 2.